The zero-order valence-corrected chi connectivity index (χ0v) is 18.2. The van der Waals surface area contributed by atoms with Gasteiger partial charge in [-0.2, -0.15) is 0 Å². The third kappa shape index (κ3) is 4.76. The second kappa shape index (κ2) is 9.95. The molecule has 2 aliphatic heterocycles. The Kier molecular flexibility index (Phi) is 8.42. The topological polar surface area (TPSA) is 119 Å². The predicted octanol–water partition coefficient (Wildman–Crippen LogP) is -0.0839. The smallest absolute Gasteiger partial charge is 0.243 e. The van der Waals surface area contributed by atoms with Crippen LogP contribution in [-0.4, -0.2) is 92.6 Å². The molecule has 2 rings (SSSR count). The van der Waals surface area contributed by atoms with Gasteiger partial charge in [-0.05, 0) is 26.0 Å². The number of likely N-dealkylation sites (N-methyl/N-ethyl adjacent to an activating group) is 1. The number of thioether (sulfide) groups is 1. The number of likely N-dealkylation sites (tertiary alicyclic amines) is 1. The van der Waals surface area contributed by atoms with Crippen LogP contribution in [-0.2, 0) is 14.3 Å². The lowest BCUT2D eigenvalue weighted by Gasteiger charge is -2.44. The number of amides is 2. The normalized spacial score (nSPS) is 38.4. The van der Waals surface area contributed by atoms with Gasteiger partial charge in [0.2, 0.25) is 11.8 Å². The van der Waals surface area contributed by atoms with Crippen LogP contribution in [0.2, 0.25) is 0 Å². The summed E-state index contributed by atoms with van der Waals surface area (Å²) in [6.45, 7) is 3.65. The van der Waals surface area contributed by atoms with E-state index in [0.29, 0.717) is 6.42 Å². The molecule has 0 aliphatic carbocycles. The number of alkyl halides is 1. The molecule has 0 bridgehead atoms. The largest absolute Gasteiger partial charge is 0.388 e. The third-order valence-corrected chi connectivity index (χ3v) is 6.73. The van der Waals surface area contributed by atoms with E-state index in [2.05, 4.69) is 5.32 Å². The average Bonchev–Trinajstić information content (AvgIpc) is 2.93. The number of aliphatic hydroxyl groups excluding tert-OH is 3. The highest BCUT2D eigenvalue weighted by Crippen LogP contribution is 2.31. The van der Waals surface area contributed by atoms with E-state index >= 15 is 0 Å². The average molecular weight is 439 g/mol. The van der Waals surface area contributed by atoms with Crippen LogP contribution < -0.4 is 5.32 Å². The summed E-state index contributed by atoms with van der Waals surface area (Å²) in [6, 6.07) is -1.43. The molecule has 0 saturated carbocycles. The monoisotopic (exact) mass is 438 g/mol. The second-order valence-corrected chi connectivity index (χ2v) is 9.20. The molecule has 0 aromatic rings. The molecule has 2 fully saturated rings. The minimum Gasteiger partial charge on any atom is -0.388 e. The van der Waals surface area contributed by atoms with Crippen LogP contribution >= 0.6 is 23.4 Å². The fourth-order valence-corrected chi connectivity index (χ4v) is 4.81. The highest BCUT2D eigenvalue weighted by Gasteiger charge is 2.49. The van der Waals surface area contributed by atoms with Crippen LogP contribution in [0.15, 0.2) is 0 Å². The van der Waals surface area contributed by atoms with Crippen molar-refractivity contribution < 1.29 is 29.6 Å². The van der Waals surface area contributed by atoms with Crippen molar-refractivity contribution in [2.45, 2.75) is 80.4 Å². The zero-order chi connectivity index (χ0) is 21.2. The molecule has 4 N–H and O–H groups in total. The molecule has 2 amide bonds. The van der Waals surface area contributed by atoms with Gasteiger partial charge >= 0.3 is 0 Å². The molecule has 162 valence electrons. The Balaban J connectivity index is 2.14. The lowest BCUT2D eigenvalue weighted by Crippen LogP contribution is -2.65. The van der Waals surface area contributed by atoms with Crippen molar-refractivity contribution in [3.05, 3.63) is 0 Å². The molecule has 2 saturated heterocycles. The lowest BCUT2D eigenvalue weighted by molar-refractivity contribution is -0.205. The van der Waals surface area contributed by atoms with E-state index < -0.39 is 47.3 Å². The van der Waals surface area contributed by atoms with Gasteiger partial charge in [-0.25, -0.2) is 0 Å². The number of nitrogens with zero attached hydrogens (tertiary/aromatic N) is 1. The predicted molar refractivity (Wildman–Crippen MR) is 107 cm³/mol. The molecule has 2 aliphatic rings. The van der Waals surface area contributed by atoms with Gasteiger partial charge in [0, 0.05) is 13.0 Å². The SMILES string of the molecule is CCCC1CC(C(=O)NC(C(C)Cl)C2OC(SC)C(O)C(O)C2O)N(C)C1=O. The number of hydrogen-bond acceptors (Lipinski definition) is 7. The van der Waals surface area contributed by atoms with Crippen molar-refractivity contribution in [2.75, 3.05) is 13.3 Å². The zero-order valence-electron chi connectivity index (χ0n) is 16.6. The molecular formula is C18H31ClN2O6S. The Bertz CT molecular complexity index is 566. The van der Waals surface area contributed by atoms with Gasteiger partial charge in [0.1, 0.15) is 35.9 Å². The van der Waals surface area contributed by atoms with E-state index in [4.69, 9.17) is 16.3 Å². The van der Waals surface area contributed by atoms with Gasteiger partial charge < -0.3 is 30.3 Å². The summed E-state index contributed by atoms with van der Waals surface area (Å²) in [5.41, 5.74) is -0.761. The minimum absolute atomic E-state index is 0.0487. The Morgan fingerprint density at radius 3 is 2.54 bits per heavy atom. The number of carbonyl (C=O) groups is 2. The fourth-order valence-electron chi connectivity index (χ4n) is 3.93. The van der Waals surface area contributed by atoms with Crippen LogP contribution in [0.1, 0.15) is 33.1 Å². The first kappa shape index (κ1) is 23.7. The van der Waals surface area contributed by atoms with E-state index in [-0.39, 0.29) is 17.7 Å². The van der Waals surface area contributed by atoms with Crippen LogP contribution in [0.4, 0.5) is 0 Å². The van der Waals surface area contributed by atoms with Gasteiger partial charge in [0.25, 0.3) is 0 Å². The maximum Gasteiger partial charge on any atom is 0.243 e. The first-order valence-electron chi connectivity index (χ1n) is 9.57. The first-order valence-corrected chi connectivity index (χ1v) is 11.3. The van der Waals surface area contributed by atoms with E-state index in [1.165, 1.54) is 16.7 Å². The standard InChI is InChI=1S/C18H31ClN2O6S/c1-5-6-9-7-10(21(3)17(9)26)16(25)20-11(8(2)19)15-13(23)12(22)14(24)18(27-15)28-4/h8-15,18,22-24H,5-7H2,1-4H3,(H,20,25). The fraction of sp³-hybridized carbons (Fsp3) is 0.889. The van der Waals surface area contributed by atoms with E-state index in [9.17, 15) is 24.9 Å². The van der Waals surface area contributed by atoms with Gasteiger partial charge in [-0.3, -0.25) is 9.59 Å². The molecule has 0 aromatic heterocycles. The van der Waals surface area contributed by atoms with E-state index in [0.717, 1.165) is 12.8 Å². The third-order valence-electron chi connectivity index (χ3n) is 5.61. The first-order chi connectivity index (χ1) is 13.1. The molecule has 9 unspecified atom stereocenters. The second-order valence-electron chi connectivity index (χ2n) is 7.57. The summed E-state index contributed by atoms with van der Waals surface area (Å²) < 4.78 is 5.75. The van der Waals surface area contributed by atoms with Crippen molar-refractivity contribution in [3.8, 4) is 0 Å². The molecule has 9 atom stereocenters. The molecular weight excluding hydrogens is 408 g/mol. The van der Waals surface area contributed by atoms with Crippen molar-refractivity contribution >= 4 is 35.2 Å². The summed E-state index contributed by atoms with van der Waals surface area (Å²) in [5, 5.41) is 32.8. The maximum absolute atomic E-state index is 12.9. The van der Waals surface area contributed by atoms with Gasteiger partial charge in [-0.1, -0.05) is 13.3 Å². The number of nitrogens with one attached hydrogen (secondary N) is 1. The number of hydrogen-bond donors (Lipinski definition) is 4. The van der Waals surface area contributed by atoms with Crippen LogP contribution in [0, 0.1) is 5.92 Å². The molecule has 0 aromatic carbocycles. The van der Waals surface area contributed by atoms with Crippen molar-refractivity contribution in [3.63, 3.8) is 0 Å². The van der Waals surface area contributed by atoms with Crippen molar-refractivity contribution in [2.24, 2.45) is 5.92 Å². The number of rotatable bonds is 7. The summed E-state index contributed by atoms with van der Waals surface area (Å²) in [5.74, 6) is -0.594. The Labute approximate surface area is 174 Å². The lowest BCUT2D eigenvalue weighted by atomic mass is 9.92. The van der Waals surface area contributed by atoms with Crippen molar-refractivity contribution in [1.82, 2.24) is 10.2 Å². The van der Waals surface area contributed by atoms with Crippen LogP contribution in [0.25, 0.3) is 0 Å². The number of carbonyl (C=O) groups excluding carboxylic acids is 2. The highest BCUT2D eigenvalue weighted by atomic mass is 35.5. The number of halogens is 1. The number of aliphatic hydroxyl groups is 3. The molecule has 2 heterocycles. The van der Waals surface area contributed by atoms with E-state index in [1.807, 2.05) is 6.92 Å². The molecule has 28 heavy (non-hydrogen) atoms. The Morgan fingerprint density at radius 2 is 2.00 bits per heavy atom. The summed E-state index contributed by atoms with van der Waals surface area (Å²) >= 11 is 7.47. The van der Waals surface area contributed by atoms with Crippen LogP contribution in [0.3, 0.4) is 0 Å². The Morgan fingerprint density at radius 1 is 1.36 bits per heavy atom. The van der Waals surface area contributed by atoms with Gasteiger partial charge in [0.15, 0.2) is 0 Å². The Hall–Kier alpha value is -0.580. The van der Waals surface area contributed by atoms with E-state index in [1.54, 1.807) is 20.2 Å². The summed E-state index contributed by atoms with van der Waals surface area (Å²) in [4.78, 5) is 26.7. The molecule has 10 heteroatoms. The molecule has 0 radical (unpaired) electrons. The minimum atomic E-state index is -1.42. The summed E-state index contributed by atoms with van der Waals surface area (Å²) in [6.07, 6.45) is -1.36. The molecule has 8 nitrogen and oxygen atoms in total. The van der Waals surface area contributed by atoms with Crippen LogP contribution in [0.5, 0.6) is 0 Å². The maximum atomic E-state index is 12.9. The molecule has 0 spiro atoms. The quantitative estimate of drug-likeness (QED) is 0.410. The highest BCUT2D eigenvalue weighted by molar-refractivity contribution is 7.99. The summed E-state index contributed by atoms with van der Waals surface area (Å²) in [7, 11) is 1.61. The van der Waals surface area contributed by atoms with Gasteiger partial charge in [0.05, 0.1) is 11.4 Å². The van der Waals surface area contributed by atoms with Crippen molar-refractivity contribution in [1.29, 1.82) is 0 Å². The van der Waals surface area contributed by atoms with Gasteiger partial charge in [-0.15, -0.1) is 23.4 Å². The number of ether oxygens (including phenoxy) is 1.